The van der Waals surface area contributed by atoms with Crippen molar-refractivity contribution in [1.29, 1.82) is 0 Å². The standard InChI is InChI=1S/C12H15NO5/c14-11(15)9-2-3-10(18-9)13-5-1-4-12(8-13)16-6-7-17-12/h2-3H,1,4-8H2,(H,14,15). The largest absolute Gasteiger partial charge is 0.475 e. The SMILES string of the molecule is O=C(O)c1ccc(N2CCCC3(C2)OCCO3)o1. The van der Waals surface area contributed by atoms with Crippen LogP contribution in [-0.4, -0.2) is 43.2 Å². The van der Waals surface area contributed by atoms with E-state index in [-0.39, 0.29) is 5.76 Å². The van der Waals surface area contributed by atoms with Gasteiger partial charge in [0.15, 0.2) is 11.7 Å². The zero-order chi connectivity index (χ0) is 12.6. The van der Waals surface area contributed by atoms with E-state index in [1.807, 2.05) is 4.90 Å². The smallest absolute Gasteiger partial charge is 0.371 e. The van der Waals surface area contributed by atoms with Crippen LogP contribution in [0.3, 0.4) is 0 Å². The topological polar surface area (TPSA) is 72.1 Å². The summed E-state index contributed by atoms with van der Waals surface area (Å²) < 4.78 is 16.6. The molecule has 2 aliphatic heterocycles. The molecule has 1 N–H and O–H groups in total. The Hall–Kier alpha value is -1.53. The van der Waals surface area contributed by atoms with Crippen molar-refractivity contribution < 1.29 is 23.8 Å². The average molecular weight is 253 g/mol. The van der Waals surface area contributed by atoms with Crippen LogP contribution in [0.25, 0.3) is 0 Å². The summed E-state index contributed by atoms with van der Waals surface area (Å²) in [5.41, 5.74) is 0. The number of furan rings is 1. The molecule has 6 heteroatoms. The van der Waals surface area contributed by atoms with Crippen LogP contribution in [0.1, 0.15) is 23.4 Å². The van der Waals surface area contributed by atoms with Crippen molar-refractivity contribution >= 4 is 11.9 Å². The lowest BCUT2D eigenvalue weighted by atomic mass is 10.0. The molecule has 98 valence electrons. The van der Waals surface area contributed by atoms with Gasteiger partial charge in [-0.1, -0.05) is 0 Å². The Labute approximate surface area is 104 Å². The first kappa shape index (κ1) is 11.6. The maximum absolute atomic E-state index is 10.8. The first-order valence-electron chi connectivity index (χ1n) is 6.05. The van der Waals surface area contributed by atoms with Crippen LogP contribution < -0.4 is 4.90 Å². The van der Waals surface area contributed by atoms with E-state index in [1.165, 1.54) is 6.07 Å². The number of hydrogen-bond donors (Lipinski definition) is 1. The van der Waals surface area contributed by atoms with Gasteiger partial charge in [0, 0.05) is 19.0 Å². The fraction of sp³-hybridized carbons (Fsp3) is 0.583. The summed E-state index contributed by atoms with van der Waals surface area (Å²) in [4.78, 5) is 12.8. The Morgan fingerprint density at radius 2 is 2.11 bits per heavy atom. The molecule has 2 fully saturated rings. The highest BCUT2D eigenvalue weighted by atomic mass is 16.7. The molecule has 0 radical (unpaired) electrons. The van der Waals surface area contributed by atoms with Crippen molar-refractivity contribution in [2.75, 3.05) is 31.2 Å². The maximum Gasteiger partial charge on any atom is 0.371 e. The van der Waals surface area contributed by atoms with E-state index in [4.69, 9.17) is 19.0 Å². The van der Waals surface area contributed by atoms with E-state index in [0.717, 1.165) is 19.4 Å². The summed E-state index contributed by atoms with van der Waals surface area (Å²) in [5.74, 6) is -1.07. The van der Waals surface area contributed by atoms with Crippen LogP contribution in [0.4, 0.5) is 5.88 Å². The Morgan fingerprint density at radius 3 is 2.78 bits per heavy atom. The fourth-order valence-corrected chi connectivity index (χ4v) is 2.52. The summed E-state index contributed by atoms with van der Waals surface area (Å²) in [6.45, 7) is 2.64. The monoisotopic (exact) mass is 253 g/mol. The van der Waals surface area contributed by atoms with Crippen molar-refractivity contribution in [1.82, 2.24) is 0 Å². The molecule has 6 nitrogen and oxygen atoms in total. The van der Waals surface area contributed by atoms with Crippen molar-refractivity contribution in [2.24, 2.45) is 0 Å². The Morgan fingerprint density at radius 1 is 1.33 bits per heavy atom. The minimum absolute atomic E-state index is 0.0436. The minimum Gasteiger partial charge on any atom is -0.475 e. The highest BCUT2D eigenvalue weighted by Gasteiger charge is 2.41. The van der Waals surface area contributed by atoms with Crippen molar-refractivity contribution in [2.45, 2.75) is 18.6 Å². The highest BCUT2D eigenvalue weighted by molar-refractivity contribution is 5.84. The molecular formula is C12H15NO5. The number of nitrogens with zero attached hydrogens (tertiary/aromatic N) is 1. The molecule has 0 atom stereocenters. The van der Waals surface area contributed by atoms with Crippen LogP contribution >= 0.6 is 0 Å². The zero-order valence-corrected chi connectivity index (χ0v) is 9.92. The third-order valence-electron chi connectivity index (χ3n) is 3.35. The first-order chi connectivity index (χ1) is 8.69. The lowest BCUT2D eigenvalue weighted by Crippen LogP contribution is -2.49. The molecule has 2 saturated heterocycles. The van der Waals surface area contributed by atoms with Gasteiger partial charge in [0.25, 0.3) is 0 Å². The van der Waals surface area contributed by atoms with E-state index in [2.05, 4.69) is 0 Å². The van der Waals surface area contributed by atoms with Gasteiger partial charge < -0.3 is 23.9 Å². The second-order valence-corrected chi connectivity index (χ2v) is 4.58. The van der Waals surface area contributed by atoms with Gasteiger partial charge in [0.2, 0.25) is 5.76 Å². The number of piperidine rings is 1. The summed E-state index contributed by atoms with van der Waals surface area (Å²) in [6.07, 6.45) is 1.80. The molecule has 18 heavy (non-hydrogen) atoms. The molecule has 3 rings (SSSR count). The molecule has 0 aromatic carbocycles. The van der Waals surface area contributed by atoms with Gasteiger partial charge in [-0.05, 0) is 12.5 Å². The van der Waals surface area contributed by atoms with E-state index >= 15 is 0 Å². The van der Waals surface area contributed by atoms with Crippen LogP contribution in [0.5, 0.6) is 0 Å². The molecule has 0 bridgehead atoms. The van der Waals surface area contributed by atoms with Crippen molar-refractivity contribution in [3.05, 3.63) is 17.9 Å². The third-order valence-corrected chi connectivity index (χ3v) is 3.35. The predicted molar refractivity (Wildman–Crippen MR) is 61.7 cm³/mol. The molecule has 2 aliphatic rings. The van der Waals surface area contributed by atoms with Crippen LogP contribution in [0.15, 0.2) is 16.5 Å². The van der Waals surface area contributed by atoms with Crippen molar-refractivity contribution in [3.8, 4) is 0 Å². The van der Waals surface area contributed by atoms with Crippen LogP contribution in [-0.2, 0) is 9.47 Å². The number of hydrogen-bond acceptors (Lipinski definition) is 5. The highest BCUT2D eigenvalue weighted by Crippen LogP contribution is 2.33. The lowest BCUT2D eigenvalue weighted by molar-refractivity contribution is -0.161. The number of carboxylic acids is 1. The van der Waals surface area contributed by atoms with E-state index in [9.17, 15) is 4.79 Å². The molecule has 0 saturated carbocycles. The average Bonchev–Trinajstić information content (AvgIpc) is 2.98. The molecule has 0 aliphatic carbocycles. The Bertz CT molecular complexity index is 449. The second kappa shape index (κ2) is 4.29. The molecule has 0 unspecified atom stereocenters. The Balaban J connectivity index is 1.76. The maximum atomic E-state index is 10.8. The zero-order valence-electron chi connectivity index (χ0n) is 9.92. The van der Waals surface area contributed by atoms with Gasteiger partial charge in [0.1, 0.15) is 0 Å². The Kier molecular flexibility index (Phi) is 2.76. The molecular weight excluding hydrogens is 238 g/mol. The van der Waals surface area contributed by atoms with Crippen LogP contribution in [0.2, 0.25) is 0 Å². The summed E-state index contributed by atoms with van der Waals surface area (Å²) in [7, 11) is 0. The summed E-state index contributed by atoms with van der Waals surface area (Å²) >= 11 is 0. The summed E-state index contributed by atoms with van der Waals surface area (Å²) in [5, 5.41) is 8.84. The third kappa shape index (κ3) is 1.97. The lowest BCUT2D eigenvalue weighted by Gasteiger charge is -2.38. The molecule has 3 heterocycles. The molecule has 1 spiro atoms. The second-order valence-electron chi connectivity index (χ2n) is 4.58. The predicted octanol–water partition coefficient (Wildman–Crippen LogP) is 1.32. The van der Waals surface area contributed by atoms with Gasteiger partial charge in [-0.15, -0.1) is 0 Å². The van der Waals surface area contributed by atoms with E-state index in [1.54, 1.807) is 6.07 Å². The normalized spacial score (nSPS) is 22.6. The number of rotatable bonds is 2. The fourth-order valence-electron chi connectivity index (χ4n) is 2.52. The number of carbonyl (C=O) groups is 1. The van der Waals surface area contributed by atoms with Crippen molar-refractivity contribution in [3.63, 3.8) is 0 Å². The van der Waals surface area contributed by atoms with Gasteiger partial charge in [-0.3, -0.25) is 0 Å². The quantitative estimate of drug-likeness (QED) is 0.857. The molecule has 0 amide bonds. The van der Waals surface area contributed by atoms with E-state index in [0.29, 0.717) is 25.6 Å². The van der Waals surface area contributed by atoms with Gasteiger partial charge in [-0.2, -0.15) is 0 Å². The van der Waals surface area contributed by atoms with Gasteiger partial charge >= 0.3 is 5.97 Å². The number of anilines is 1. The van der Waals surface area contributed by atoms with Crippen LogP contribution in [0, 0.1) is 0 Å². The number of ether oxygens (including phenoxy) is 2. The van der Waals surface area contributed by atoms with E-state index < -0.39 is 11.8 Å². The van der Waals surface area contributed by atoms with Gasteiger partial charge in [-0.25, -0.2) is 4.79 Å². The first-order valence-corrected chi connectivity index (χ1v) is 6.05. The number of carboxylic acid groups (broad SMARTS) is 1. The number of aromatic carboxylic acids is 1. The van der Waals surface area contributed by atoms with Gasteiger partial charge in [0.05, 0.1) is 19.8 Å². The molecule has 1 aromatic heterocycles. The minimum atomic E-state index is -1.05. The molecule has 1 aromatic rings. The summed E-state index contributed by atoms with van der Waals surface area (Å²) in [6, 6.07) is 3.15.